The molecular weight excluding hydrogens is 208 g/mol. The maximum Gasteiger partial charge on any atom is 0.272 e. The van der Waals surface area contributed by atoms with E-state index in [1.165, 1.54) is 18.2 Å². The molecule has 5 heteroatoms. The largest absolute Gasteiger partial charge is 0.497 e. The van der Waals surface area contributed by atoms with Crippen molar-refractivity contribution in [3.05, 3.63) is 24.0 Å². The number of rotatable bonds is 5. The van der Waals surface area contributed by atoms with Gasteiger partial charge in [0.05, 0.1) is 13.7 Å². The third-order valence-corrected chi connectivity index (χ3v) is 2.23. The molecule has 1 aromatic rings. The Hall–Kier alpha value is -1.62. The highest BCUT2D eigenvalue weighted by Crippen LogP contribution is 2.11. The third-order valence-electron chi connectivity index (χ3n) is 2.23. The zero-order valence-corrected chi connectivity index (χ0v) is 9.51. The Morgan fingerprint density at radius 3 is 2.94 bits per heavy atom. The van der Waals surface area contributed by atoms with Crippen molar-refractivity contribution in [3.8, 4) is 5.75 Å². The van der Waals surface area contributed by atoms with Crippen LogP contribution in [0.3, 0.4) is 0 Å². The van der Waals surface area contributed by atoms with Crippen LogP contribution in [0.4, 0.5) is 0 Å². The minimum absolute atomic E-state index is 0.0520. The van der Waals surface area contributed by atoms with E-state index in [1.54, 1.807) is 12.1 Å². The van der Waals surface area contributed by atoms with Gasteiger partial charge in [0.2, 0.25) is 0 Å². The minimum atomic E-state index is -0.199. The Balaban J connectivity index is 2.85. The van der Waals surface area contributed by atoms with E-state index in [2.05, 4.69) is 4.98 Å². The smallest absolute Gasteiger partial charge is 0.272 e. The van der Waals surface area contributed by atoms with Crippen molar-refractivity contribution in [1.82, 2.24) is 9.88 Å². The lowest BCUT2D eigenvalue weighted by molar-refractivity contribution is 0.0725. The van der Waals surface area contributed by atoms with Crippen LogP contribution < -0.4 is 4.74 Å². The fourth-order valence-electron chi connectivity index (χ4n) is 1.34. The Morgan fingerprint density at radius 1 is 1.62 bits per heavy atom. The number of nitrogens with zero attached hydrogens (tertiary/aromatic N) is 2. The molecule has 0 saturated heterocycles. The molecule has 0 aliphatic heterocycles. The van der Waals surface area contributed by atoms with Gasteiger partial charge in [-0.15, -0.1) is 0 Å². The number of likely N-dealkylation sites (N-methyl/N-ethyl adjacent to an activating group) is 1. The second-order valence-electron chi connectivity index (χ2n) is 3.19. The molecular formula is C11H16N2O3. The fourth-order valence-corrected chi connectivity index (χ4v) is 1.34. The number of pyridine rings is 1. The first-order chi connectivity index (χ1) is 7.72. The van der Waals surface area contributed by atoms with E-state index >= 15 is 0 Å². The van der Waals surface area contributed by atoms with E-state index < -0.39 is 0 Å². The van der Waals surface area contributed by atoms with Crippen LogP contribution >= 0.6 is 0 Å². The molecule has 1 amide bonds. The van der Waals surface area contributed by atoms with Crippen molar-refractivity contribution in [3.63, 3.8) is 0 Å². The van der Waals surface area contributed by atoms with E-state index in [-0.39, 0.29) is 12.5 Å². The Bertz CT molecular complexity index is 355. The normalized spacial score (nSPS) is 9.94. The van der Waals surface area contributed by atoms with Crippen molar-refractivity contribution < 1.29 is 14.6 Å². The Labute approximate surface area is 94.7 Å². The van der Waals surface area contributed by atoms with Gasteiger partial charge in [-0.05, 0) is 13.0 Å². The molecule has 0 atom stereocenters. The van der Waals surface area contributed by atoms with Gasteiger partial charge in [0.25, 0.3) is 5.91 Å². The molecule has 88 valence electrons. The number of aliphatic hydroxyl groups is 1. The summed E-state index contributed by atoms with van der Waals surface area (Å²) in [6.45, 7) is 2.66. The standard InChI is InChI=1S/C11H16N2O3/c1-3-13(6-7-14)11(15)10-8-9(16-2)4-5-12-10/h4-5,8,14H,3,6-7H2,1-2H3. The molecule has 0 spiro atoms. The highest BCUT2D eigenvalue weighted by Gasteiger charge is 2.15. The number of carbonyl (C=O) groups excluding carboxylic acids is 1. The maximum absolute atomic E-state index is 11.9. The van der Waals surface area contributed by atoms with E-state index in [0.717, 1.165) is 0 Å². The molecule has 0 aliphatic rings. The van der Waals surface area contributed by atoms with Gasteiger partial charge in [0.1, 0.15) is 11.4 Å². The van der Waals surface area contributed by atoms with E-state index in [4.69, 9.17) is 9.84 Å². The van der Waals surface area contributed by atoms with E-state index in [0.29, 0.717) is 24.5 Å². The summed E-state index contributed by atoms with van der Waals surface area (Å²) >= 11 is 0. The average molecular weight is 224 g/mol. The number of amides is 1. The number of carbonyl (C=O) groups is 1. The summed E-state index contributed by atoms with van der Waals surface area (Å²) in [6.07, 6.45) is 1.53. The van der Waals surface area contributed by atoms with Crippen molar-refractivity contribution in [2.24, 2.45) is 0 Å². The predicted molar refractivity (Wildman–Crippen MR) is 59.5 cm³/mol. The summed E-state index contributed by atoms with van der Waals surface area (Å²) in [5.41, 5.74) is 0.328. The Kier molecular flexibility index (Phi) is 4.72. The maximum atomic E-state index is 11.9. The molecule has 0 unspecified atom stereocenters. The number of aliphatic hydroxyl groups excluding tert-OH is 1. The molecule has 1 rings (SSSR count). The molecule has 0 aliphatic carbocycles. The lowest BCUT2D eigenvalue weighted by atomic mass is 10.3. The molecule has 1 aromatic heterocycles. The lowest BCUT2D eigenvalue weighted by Crippen LogP contribution is -2.33. The van der Waals surface area contributed by atoms with Gasteiger partial charge in [-0.1, -0.05) is 0 Å². The van der Waals surface area contributed by atoms with Crippen molar-refractivity contribution >= 4 is 5.91 Å². The second-order valence-corrected chi connectivity index (χ2v) is 3.19. The average Bonchev–Trinajstić information content (AvgIpc) is 2.35. The highest BCUT2D eigenvalue weighted by molar-refractivity contribution is 5.92. The molecule has 1 heterocycles. The van der Waals surface area contributed by atoms with Gasteiger partial charge in [-0.3, -0.25) is 9.78 Å². The summed E-state index contributed by atoms with van der Waals surface area (Å²) in [4.78, 5) is 17.4. The van der Waals surface area contributed by atoms with E-state index in [9.17, 15) is 4.79 Å². The van der Waals surface area contributed by atoms with Gasteiger partial charge in [-0.25, -0.2) is 0 Å². The van der Waals surface area contributed by atoms with Crippen LogP contribution in [0.5, 0.6) is 5.75 Å². The van der Waals surface area contributed by atoms with Crippen molar-refractivity contribution in [2.75, 3.05) is 26.8 Å². The van der Waals surface area contributed by atoms with Gasteiger partial charge in [-0.2, -0.15) is 0 Å². The first-order valence-corrected chi connectivity index (χ1v) is 5.13. The van der Waals surface area contributed by atoms with Crippen molar-refractivity contribution in [1.29, 1.82) is 0 Å². The number of methoxy groups -OCH3 is 1. The molecule has 1 N–H and O–H groups in total. The van der Waals surface area contributed by atoms with Crippen LogP contribution in [-0.4, -0.2) is 47.7 Å². The minimum Gasteiger partial charge on any atom is -0.497 e. The van der Waals surface area contributed by atoms with E-state index in [1.807, 2.05) is 6.92 Å². The molecule has 0 saturated carbocycles. The van der Waals surface area contributed by atoms with Crippen LogP contribution in [-0.2, 0) is 0 Å². The van der Waals surface area contributed by atoms with Gasteiger partial charge >= 0.3 is 0 Å². The van der Waals surface area contributed by atoms with Crippen LogP contribution in [0, 0.1) is 0 Å². The predicted octanol–water partition coefficient (Wildman–Crippen LogP) is 0.545. The first kappa shape index (κ1) is 12.4. The van der Waals surface area contributed by atoms with Gasteiger partial charge < -0.3 is 14.7 Å². The monoisotopic (exact) mass is 224 g/mol. The summed E-state index contributed by atoms with van der Waals surface area (Å²) in [5, 5.41) is 8.83. The topological polar surface area (TPSA) is 62.7 Å². The molecule has 0 radical (unpaired) electrons. The summed E-state index contributed by atoms with van der Waals surface area (Å²) in [5.74, 6) is 0.397. The van der Waals surface area contributed by atoms with Gasteiger partial charge in [0, 0.05) is 25.4 Å². The molecule has 16 heavy (non-hydrogen) atoms. The zero-order chi connectivity index (χ0) is 12.0. The molecule has 5 nitrogen and oxygen atoms in total. The second kappa shape index (κ2) is 6.07. The van der Waals surface area contributed by atoms with Crippen LogP contribution in [0.1, 0.15) is 17.4 Å². The Morgan fingerprint density at radius 2 is 2.38 bits per heavy atom. The highest BCUT2D eigenvalue weighted by atomic mass is 16.5. The van der Waals surface area contributed by atoms with Crippen molar-refractivity contribution in [2.45, 2.75) is 6.92 Å². The summed E-state index contributed by atoms with van der Waals surface area (Å²) < 4.78 is 5.02. The first-order valence-electron chi connectivity index (χ1n) is 5.13. The molecule has 0 bridgehead atoms. The fraction of sp³-hybridized carbons (Fsp3) is 0.455. The van der Waals surface area contributed by atoms with Crippen LogP contribution in [0.2, 0.25) is 0 Å². The summed E-state index contributed by atoms with van der Waals surface area (Å²) in [7, 11) is 1.54. The van der Waals surface area contributed by atoms with Crippen LogP contribution in [0.25, 0.3) is 0 Å². The zero-order valence-electron chi connectivity index (χ0n) is 9.51. The molecule has 0 fully saturated rings. The molecule has 0 aromatic carbocycles. The third kappa shape index (κ3) is 2.93. The SMILES string of the molecule is CCN(CCO)C(=O)c1cc(OC)ccn1. The lowest BCUT2D eigenvalue weighted by Gasteiger charge is -2.19. The quantitative estimate of drug-likeness (QED) is 0.793. The van der Waals surface area contributed by atoms with Gasteiger partial charge in [0.15, 0.2) is 0 Å². The number of ether oxygens (including phenoxy) is 1. The summed E-state index contributed by atoms with van der Waals surface area (Å²) in [6, 6.07) is 3.27. The number of aromatic nitrogens is 1. The number of hydrogen-bond acceptors (Lipinski definition) is 4. The van der Waals surface area contributed by atoms with Crippen LogP contribution in [0.15, 0.2) is 18.3 Å². The number of hydrogen-bond donors (Lipinski definition) is 1.